The molecule has 2 aliphatic heterocycles. The van der Waals surface area contributed by atoms with Crippen LogP contribution in [0.15, 0.2) is 0 Å². The highest BCUT2D eigenvalue weighted by molar-refractivity contribution is 7.86. The first kappa shape index (κ1) is 14.7. The fourth-order valence-electron chi connectivity index (χ4n) is 2.68. The van der Waals surface area contributed by atoms with E-state index in [9.17, 15) is 18.3 Å². The number of β-amino-alcohol motifs (C(OH)–C–C–N with tert-alkyl or cyclic N) is 1. The molecule has 0 saturated carbocycles. The van der Waals surface area contributed by atoms with Crippen molar-refractivity contribution in [3.8, 4) is 0 Å². The van der Waals surface area contributed by atoms with E-state index in [0.717, 1.165) is 30.0 Å². The maximum atomic E-state index is 12.5. The third kappa shape index (κ3) is 3.07. The molecule has 2 fully saturated rings. The molecule has 0 aromatic carbocycles. The van der Waals surface area contributed by atoms with Crippen molar-refractivity contribution < 1.29 is 23.4 Å². The minimum Gasteiger partial charge on any atom is -0.480 e. The first-order chi connectivity index (χ1) is 8.93. The second kappa shape index (κ2) is 5.74. The Hall–Kier alpha value is -0.700. The number of rotatable bonds is 3. The fraction of sp³-hybridized carbons (Fsp3) is 0.909. The molecule has 0 aliphatic carbocycles. The molecule has 110 valence electrons. The quantitative estimate of drug-likeness (QED) is 0.739. The first-order valence-electron chi connectivity index (χ1n) is 6.60. The zero-order valence-electron chi connectivity index (χ0n) is 10.7. The highest BCUT2D eigenvalue weighted by Crippen LogP contribution is 2.25. The van der Waals surface area contributed by atoms with Crippen molar-refractivity contribution in [3.05, 3.63) is 0 Å². The summed E-state index contributed by atoms with van der Waals surface area (Å²) in [6.45, 7) is 0.734. The molecule has 0 radical (unpaired) electrons. The second-order valence-corrected chi connectivity index (χ2v) is 7.02. The average Bonchev–Trinajstić information content (AvgIpc) is 2.58. The molecule has 2 heterocycles. The summed E-state index contributed by atoms with van der Waals surface area (Å²) in [6.07, 6.45) is 2.65. The highest BCUT2D eigenvalue weighted by Gasteiger charge is 2.45. The topological polar surface area (TPSA) is 98.1 Å². The lowest BCUT2D eigenvalue weighted by atomic mass is 10.2. The van der Waals surface area contributed by atoms with E-state index in [-0.39, 0.29) is 13.0 Å². The van der Waals surface area contributed by atoms with E-state index in [1.807, 2.05) is 0 Å². The van der Waals surface area contributed by atoms with Gasteiger partial charge >= 0.3 is 5.97 Å². The van der Waals surface area contributed by atoms with Crippen LogP contribution in [-0.4, -0.2) is 65.0 Å². The number of aliphatic hydroxyl groups excluding tert-OH is 1. The number of carboxylic acid groups (broad SMARTS) is 1. The Morgan fingerprint density at radius 1 is 1.11 bits per heavy atom. The Balaban J connectivity index is 2.19. The molecule has 2 rings (SSSR count). The number of carboxylic acids is 1. The van der Waals surface area contributed by atoms with Crippen LogP contribution in [-0.2, 0) is 15.0 Å². The van der Waals surface area contributed by atoms with Crippen molar-refractivity contribution in [2.75, 3.05) is 19.6 Å². The maximum Gasteiger partial charge on any atom is 0.322 e. The van der Waals surface area contributed by atoms with Gasteiger partial charge in [-0.1, -0.05) is 12.8 Å². The van der Waals surface area contributed by atoms with E-state index < -0.39 is 28.3 Å². The minimum absolute atomic E-state index is 0.0393. The van der Waals surface area contributed by atoms with Crippen LogP contribution in [0.3, 0.4) is 0 Å². The van der Waals surface area contributed by atoms with Crippen molar-refractivity contribution in [2.45, 2.75) is 44.2 Å². The van der Waals surface area contributed by atoms with Crippen LogP contribution in [0.25, 0.3) is 0 Å². The summed E-state index contributed by atoms with van der Waals surface area (Å²) in [5.74, 6) is -1.20. The standard InChI is InChI=1S/C11H20N2O5S/c14-9-7-10(11(15)16)13(8-9)19(17,18)12-5-3-1-2-4-6-12/h9-10,14H,1-8H2,(H,15,16)/t9-,10-/m1/s1. The summed E-state index contributed by atoms with van der Waals surface area (Å²) < 4.78 is 27.2. The molecule has 19 heavy (non-hydrogen) atoms. The van der Waals surface area contributed by atoms with E-state index in [4.69, 9.17) is 5.11 Å². The summed E-state index contributed by atoms with van der Waals surface area (Å²) in [5, 5.41) is 18.6. The monoisotopic (exact) mass is 292 g/mol. The Morgan fingerprint density at radius 3 is 2.21 bits per heavy atom. The molecule has 7 nitrogen and oxygen atoms in total. The van der Waals surface area contributed by atoms with E-state index in [1.54, 1.807) is 0 Å². The van der Waals surface area contributed by atoms with Gasteiger partial charge in [-0.25, -0.2) is 0 Å². The smallest absolute Gasteiger partial charge is 0.322 e. The van der Waals surface area contributed by atoms with E-state index in [1.165, 1.54) is 4.31 Å². The van der Waals surface area contributed by atoms with Crippen molar-refractivity contribution in [2.24, 2.45) is 0 Å². The third-order valence-electron chi connectivity index (χ3n) is 3.71. The lowest BCUT2D eigenvalue weighted by Crippen LogP contribution is -2.48. The van der Waals surface area contributed by atoms with Crippen LogP contribution in [0.2, 0.25) is 0 Å². The van der Waals surface area contributed by atoms with Gasteiger partial charge in [-0.2, -0.15) is 17.0 Å². The largest absolute Gasteiger partial charge is 0.480 e. The van der Waals surface area contributed by atoms with Gasteiger partial charge in [0.15, 0.2) is 0 Å². The number of carbonyl (C=O) groups is 1. The molecule has 0 aromatic heterocycles. The van der Waals surface area contributed by atoms with Gasteiger partial charge in [-0.3, -0.25) is 4.79 Å². The maximum absolute atomic E-state index is 12.5. The molecule has 2 saturated heterocycles. The second-order valence-electron chi connectivity index (χ2n) is 5.13. The number of aliphatic carboxylic acids is 1. The average molecular weight is 292 g/mol. The number of aliphatic hydroxyl groups is 1. The van der Waals surface area contributed by atoms with E-state index >= 15 is 0 Å². The summed E-state index contributed by atoms with van der Waals surface area (Å²) in [7, 11) is -3.79. The molecule has 2 aliphatic rings. The van der Waals surface area contributed by atoms with Crippen LogP contribution in [0.1, 0.15) is 32.1 Å². The van der Waals surface area contributed by atoms with Crippen LogP contribution in [0, 0.1) is 0 Å². The Bertz CT molecular complexity index is 430. The molecule has 0 bridgehead atoms. The highest BCUT2D eigenvalue weighted by atomic mass is 32.2. The molecule has 2 atom stereocenters. The Kier molecular flexibility index (Phi) is 4.44. The molecule has 2 N–H and O–H groups in total. The summed E-state index contributed by atoms with van der Waals surface area (Å²) in [4.78, 5) is 11.1. The Morgan fingerprint density at radius 2 is 1.68 bits per heavy atom. The Labute approximate surface area is 113 Å². The van der Waals surface area contributed by atoms with Gasteiger partial charge in [0.05, 0.1) is 6.10 Å². The third-order valence-corrected chi connectivity index (χ3v) is 5.72. The zero-order chi connectivity index (χ0) is 14.0. The molecule has 0 unspecified atom stereocenters. The van der Waals surface area contributed by atoms with Gasteiger partial charge in [0.1, 0.15) is 6.04 Å². The van der Waals surface area contributed by atoms with Crippen molar-refractivity contribution in [3.63, 3.8) is 0 Å². The molecular weight excluding hydrogens is 272 g/mol. The molecule has 0 spiro atoms. The van der Waals surface area contributed by atoms with Crippen molar-refractivity contribution in [1.82, 2.24) is 8.61 Å². The van der Waals surface area contributed by atoms with Crippen LogP contribution < -0.4 is 0 Å². The zero-order valence-corrected chi connectivity index (χ0v) is 11.5. The van der Waals surface area contributed by atoms with Crippen LogP contribution in [0.5, 0.6) is 0 Å². The fourth-order valence-corrected chi connectivity index (χ4v) is 4.56. The molecule has 0 aromatic rings. The lowest BCUT2D eigenvalue weighted by Gasteiger charge is -2.28. The number of hydrogen-bond acceptors (Lipinski definition) is 4. The van der Waals surface area contributed by atoms with Crippen molar-refractivity contribution >= 4 is 16.2 Å². The molecule has 8 heteroatoms. The summed E-state index contributed by atoms with van der Waals surface area (Å²) in [5.41, 5.74) is 0. The van der Waals surface area contributed by atoms with Crippen molar-refractivity contribution in [1.29, 1.82) is 0 Å². The SMILES string of the molecule is O=C(O)[C@H]1C[C@@H](O)CN1S(=O)(=O)N1CCCCCC1. The van der Waals surface area contributed by atoms with Crippen LogP contribution in [0.4, 0.5) is 0 Å². The predicted molar refractivity (Wildman–Crippen MR) is 67.7 cm³/mol. The predicted octanol–water partition coefficient (Wildman–Crippen LogP) is -0.373. The summed E-state index contributed by atoms with van der Waals surface area (Å²) >= 11 is 0. The normalized spacial score (nSPS) is 31.2. The van der Waals surface area contributed by atoms with Gasteiger partial charge in [0, 0.05) is 26.1 Å². The van der Waals surface area contributed by atoms with Gasteiger partial charge in [0.25, 0.3) is 10.2 Å². The van der Waals surface area contributed by atoms with Gasteiger partial charge in [-0.15, -0.1) is 0 Å². The van der Waals surface area contributed by atoms with Crippen LogP contribution >= 0.6 is 0 Å². The first-order valence-corrected chi connectivity index (χ1v) is 8.00. The van der Waals surface area contributed by atoms with E-state index in [0.29, 0.717) is 13.1 Å². The molecule has 0 amide bonds. The molecular formula is C11H20N2O5S. The minimum atomic E-state index is -3.79. The van der Waals surface area contributed by atoms with E-state index in [2.05, 4.69) is 0 Å². The van der Waals surface area contributed by atoms with Gasteiger partial charge < -0.3 is 10.2 Å². The van der Waals surface area contributed by atoms with Gasteiger partial charge in [0.2, 0.25) is 0 Å². The summed E-state index contributed by atoms with van der Waals surface area (Å²) in [6, 6.07) is -1.15. The number of hydrogen-bond donors (Lipinski definition) is 2. The lowest BCUT2D eigenvalue weighted by molar-refractivity contribution is -0.140. The van der Waals surface area contributed by atoms with Gasteiger partial charge in [-0.05, 0) is 12.8 Å². The number of nitrogens with zero attached hydrogens (tertiary/aromatic N) is 2.